The lowest BCUT2D eigenvalue weighted by Gasteiger charge is -2.04. The van der Waals surface area contributed by atoms with E-state index in [1.54, 1.807) is 7.11 Å². The summed E-state index contributed by atoms with van der Waals surface area (Å²) in [5.41, 5.74) is 0.919. The molecule has 1 heterocycles. The summed E-state index contributed by atoms with van der Waals surface area (Å²) in [6.45, 7) is 4.82. The van der Waals surface area contributed by atoms with Crippen LogP contribution in [0.4, 0.5) is 0 Å². The highest BCUT2D eigenvalue weighted by Gasteiger charge is 1.96. The second kappa shape index (κ2) is 5.62. The van der Waals surface area contributed by atoms with Crippen LogP contribution < -0.4 is 10.1 Å². The molecule has 0 atom stereocenters. The molecule has 0 saturated carbocycles. The molecule has 0 aliphatic rings. The Balaban J connectivity index is 2.46. The second-order valence-corrected chi connectivity index (χ2v) is 3.33. The minimum absolute atomic E-state index is 0.584. The molecule has 0 unspecified atom stereocenters. The van der Waals surface area contributed by atoms with Crippen molar-refractivity contribution in [2.45, 2.75) is 6.54 Å². The Bertz CT molecular complexity index is 315. The van der Waals surface area contributed by atoms with Crippen molar-refractivity contribution in [1.29, 1.82) is 0 Å². The standard InChI is InChI=1S/C10H13ClN2O/c1-8(11)6-12-7-9-4-3-5-10(13-9)14-2/h3-5,12H,1,6-7H2,2H3. The van der Waals surface area contributed by atoms with Crippen LogP contribution in [-0.4, -0.2) is 18.6 Å². The fourth-order valence-electron chi connectivity index (χ4n) is 0.996. The molecule has 76 valence electrons. The van der Waals surface area contributed by atoms with E-state index in [1.165, 1.54) is 0 Å². The number of aromatic nitrogens is 1. The molecule has 0 saturated heterocycles. The third kappa shape index (κ3) is 3.77. The summed E-state index contributed by atoms with van der Waals surface area (Å²) >= 11 is 5.60. The number of nitrogens with zero attached hydrogens (tertiary/aromatic N) is 1. The SMILES string of the molecule is C=C(Cl)CNCc1cccc(OC)n1. The van der Waals surface area contributed by atoms with Gasteiger partial charge in [0.05, 0.1) is 12.8 Å². The molecule has 3 nitrogen and oxygen atoms in total. The summed E-state index contributed by atoms with van der Waals surface area (Å²) in [4.78, 5) is 4.23. The number of hydrogen-bond donors (Lipinski definition) is 1. The van der Waals surface area contributed by atoms with Crippen LogP contribution in [0.2, 0.25) is 0 Å². The molecule has 0 amide bonds. The fourth-order valence-corrected chi connectivity index (χ4v) is 1.09. The largest absolute Gasteiger partial charge is 0.481 e. The first-order valence-electron chi connectivity index (χ1n) is 4.26. The van der Waals surface area contributed by atoms with Gasteiger partial charge in [0.25, 0.3) is 0 Å². The molecule has 1 aromatic heterocycles. The Hall–Kier alpha value is -1.06. The zero-order valence-electron chi connectivity index (χ0n) is 8.09. The zero-order chi connectivity index (χ0) is 10.4. The van der Waals surface area contributed by atoms with Gasteiger partial charge in [0.1, 0.15) is 0 Å². The lowest BCUT2D eigenvalue weighted by atomic mass is 10.3. The lowest BCUT2D eigenvalue weighted by Crippen LogP contribution is -2.15. The van der Waals surface area contributed by atoms with Gasteiger partial charge in [-0.15, -0.1) is 0 Å². The number of pyridine rings is 1. The first-order valence-corrected chi connectivity index (χ1v) is 4.64. The Morgan fingerprint density at radius 3 is 3.07 bits per heavy atom. The third-order valence-corrected chi connectivity index (χ3v) is 1.75. The number of hydrogen-bond acceptors (Lipinski definition) is 3. The first-order chi connectivity index (χ1) is 6.72. The molecule has 0 aliphatic heterocycles. The van der Waals surface area contributed by atoms with E-state index in [1.807, 2.05) is 18.2 Å². The Morgan fingerprint density at radius 1 is 1.64 bits per heavy atom. The summed E-state index contributed by atoms with van der Waals surface area (Å²) in [7, 11) is 1.60. The van der Waals surface area contributed by atoms with E-state index >= 15 is 0 Å². The predicted molar refractivity (Wildman–Crippen MR) is 57.5 cm³/mol. The van der Waals surface area contributed by atoms with Gasteiger partial charge in [-0.2, -0.15) is 0 Å². The molecule has 1 N–H and O–H groups in total. The average molecular weight is 213 g/mol. The Labute approximate surface area is 88.8 Å². The van der Waals surface area contributed by atoms with Gasteiger partial charge >= 0.3 is 0 Å². The van der Waals surface area contributed by atoms with Crippen LogP contribution in [0.5, 0.6) is 5.88 Å². The molecule has 0 spiro atoms. The maximum absolute atomic E-state index is 5.60. The molecule has 0 bridgehead atoms. The normalized spacial score (nSPS) is 9.86. The van der Waals surface area contributed by atoms with Gasteiger partial charge < -0.3 is 10.1 Å². The van der Waals surface area contributed by atoms with Gasteiger partial charge in [-0.1, -0.05) is 24.2 Å². The van der Waals surface area contributed by atoms with Crippen LogP contribution in [0.25, 0.3) is 0 Å². The van der Waals surface area contributed by atoms with Crippen LogP contribution in [0.1, 0.15) is 5.69 Å². The van der Waals surface area contributed by atoms with Crippen molar-refractivity contribution in [3.8, 4) is 5.88 Å². The molecule has 0 aromatic carbocycles. The topological polar surface area (TPSA) is 34.1 Å². The number of halogens is 1. The monoisotopic (exact) mass is 212 g/mol. The number of methoxy groups -OCH3 is 1. The van der Waals surface area contributed by atoms with E-state index in [0.717, 1.165) is 5.69 Å². The van der Waals surface area contributed by atoms with E-state index in [9.17, 15) is 0 Å². The highest BCUT2D eigenvalue weighted by atomic mass is 35.5. The van der Waals surface area contributed by atoms with Crippen LogP contribution in [0.15, 0.2) is 29.8 Å². The molecule has 4 heteroatoms. The van der Waals surface area contributed by atoms with Gasteiger partial charge in [-0.05, 0) is 6.07 Å². The Kier molecular flexibility index (Phi) is 4.43. The third-order valence-electron chi connectivity index (χ3n) is 1.61. The van der Waals surface area contributed by atoms with Gasteiger partial charge in [0.2, 0.25) is 5.88 Å². The van der Waals surface area contributed by atoms with Crippen molar-refractivity contribution in [3.05, 3.63) is 35.5 Å². The van der Waals surface area contributed by atoms with Gasteiger partial charge in [-0.3, -0.25) is 0 Å². The lowest BCUT2D eigenvalue weighted by molar-refractivity contribution is 0.396. The minimum Gasteiger partial charge on any atom is -0.481 e. The molecule has 1 aromatic rings. The average Bonchev–Trinajstić information content (AvgIpc) is 2.18. The van der Waals surface area contributed by atoms with Crippen molar-refractivity contribution in [2.24, 2.45) is 0 Å². The molecular formula is C10H13ClN2O. The quantitative estimate of drug-likeness (QED) is 0.810. The van der Waals surface area contributed by atoms with Gasteiger partial charge in [0.15, 0.2) is 0 Å². The smallest absolute Gasteiger partial charge is 0.213 e. The number of rotatable bonds is 5. The minimum atomic E-state index is 0.584. The van der Waals surface area contributed by atoms with Crippen molar-refractivity contribution < 1.29 is 4.74 Å². The molecule has 1 rings (SSSR count). The predicted octanol–water partition coefficient (Wildman–Crippen LogP) is 1.93. The van der Waals surface area contributed by atoms with E-state index in [-0.39, 0.29) is 0 Å². The van der Waals surface area contributed by atoms with E-state index in [4.69, 9.17) is 16.3 Å². The fraction of sp³-hybridized carbons (Fsp3) is 0.300. The highest BCUT2D eigenvalue weighted by molar-refractivity contribution is 6.29. The zero-order valence-corrected chi connectivity index (χ0v) is 8.84. The summed E-state index contributed by atoms with van der Waals surface area (Å²) in [6.07, 6.45) is 0. The van der Waals surface area contributed by atoms with Crippen molar-refractivity contribution in [1.82, 2.24) is 10.3 Å². The van der Waals surface area contributed by atoms with Gasteiger partial charge in [0, 0.05) is 24.2 Å². The molecule has 0 radical (unpaired) electrons. The first kappa shape index (κ1) is 11.0. The van der Waals surface area contributed by atoms with Crippen LogP contribution in [0.3, 0.4) is 0 Å². The molecular weight excluding hydrogens is 200 g/mol. The van der Waals surface area contributed by atoms with Gasteiger partial charge in [-0.25, -0.2) is 4.98 Å². The van der Waals surface area contributed by atoms with Crippen LogP contribution >= 0.6 is 11.6 Å². The van der Waals surface area contributed by atoms with Crippen LogP contribution in [0, 0.1) is 0 Å². The summed E-state index contributed by atoms with van der Waals surface area (Å²) < 4.78 is 5.00. The van der Waals surface area contributed by atoms with Crippen LogP contribution in [-0.2, 0) is 6.54 Å². The van der Waals surface area contributed by atoms with Crippen molar-refractivity contribution >= 4 is 11.6 Å². The number of ether oxygens (including phenoxy) is 1. The van der Waals surface area contributed by atoms with Crippen molar-refractivity contribution in [2.75, 3.05) is 13.7 Å². The van der Waals surface area contributed by atoms with E-state index in [2.05, 4.69) is 16.9 Å². The van der Waals surface area contributed by atoms with E-state index in [0.29, 0.717) is 24.0 Å². The molecule has 0 aliphatic carbocycles. The maximum Gasteiger partial charge on any atom is 0.213 e. The number of nitrogens with one attached hydrogen (secondary N) is 1. The summed E-state index contributed by atoms with van der Waals surface area (Å²) in [5, 5.41) is 3.69. The summed E-state index contributed by atoms with van der Waals surface area (Å²) in [6, 6.07) is 5.63. The molecule has 0 fully saturated rings. The maximum atomic E-state index is 5.60. The molecule has 14 heavy (non-hydrogen) atoms. The van der Waals surface area contributed by atoms with E-state index < -0.39 is 0 Å². The highest BCUT2D eigenvalue weighted by Crippen LogP contribution is 2.06. The second-order valence-electron chi connectivity index (χ2n) is 2.79. The summed E-state index contributed by atoms with van der Waals surface area (Å²) in [5.74, 6) is 0.619. The Morgan fingerprint density at radius 2 is 2.43 bits per heavy atom. The van der Waals surface area contributed by atoms with Crippen molar-refractivity contribution in [3.63, 3.8) is 0 Å².